The van der Waals surface area contributed by atoms with Crippen molar-refractivity contribution in [2.24, 2.45) is 0 Å². The molecule has 1 N–H and O–H groups in total. The van der Waals surface area contributed by atoms with Crippen LogP contribution in [-0.2, 0) is 6.54 Å². The molecular weight excluding hydrogens is 365 g/mol. The number of halogens is 2. The van der Waals surface area contributed by atoms with Gasteiger partial charge in [-0.2, -0.15) is 0 Å². The Hall–Kier alpha value is 0.390. The molecule has 1 aromatic rings. The van der Waals surface area contributed by atoms with E-state index >= 15 is 0 Å². The van der Waals surface area contributed by atoms with Crippen LogP contribution in [0.25, 0.3) is 0 Å². The molecule has 1 aliphatic carbocycles. The maximum absolute atomic E-state index is 3.63. The topological polar surface area (TPSA) is 12.0 Å². The SMILES string of the molecule is Brc1ccc(I)cc1CNC1CCCC1. The van der Waals surface area contributed by atoms with Crippen LogP contribution in [-0.4, -0.2) is 6.04 Å². The van der Waals surface area contributed by atoms with E-state index in [1.54, 1.807) is 0 Å². The van der Waals surface area contributed by atoms with Crippen molar-refractivity contribution in [1.82, 2.24) is 5.32 Å². The summed E-state index contributed by atoms with van der Waals surface area (Å²) in [7, 11) is 0. The average molecular weight is 380 g/mol. The summed E-state index contributed by atoms with van der Waals surface area (Å²) >= 11 is 5.96. The van der Waals surface area contributed by atoms with Gasteiger partial charge in [-0.3, -0.25) is 0 Å². The van der Waals surface area contributed by atoms with E-state index in [2.05, 4.69) is 62.0 Å². The summed E-state index contributed by atoms with van der Waals surface area (Å²) in [5.74, 6) is 0. The fourth-order valence-electron chi connectivity index (χ4n) is 2.06. The van der Waals surface area contributed by atoms with Gasteiger partial charge in [0.15, 0.2) is 0 Å². The first kappa shape index (κ1) is 11.9. The highest BCUT2D eigenvalue weighted by molar-refractivity contribution is 14.1. The van der Waals surface area contributed by atoms with Gasteiger partial charge in [-0.25, -0.2) is 0 Å². The molecule has 1 aromatic carbocycles. The molecule has 1 nitrogen and oxygen atoms in total. The van der Waals surface area contributed by atoms with E-state index in [0.29, 0.717) is 0 Å². The van der Waals surface area contributed by atoms with E-state index in [1.165, 1.54) is 39.3 Å². The molecule has 15 heavy (non-hydrogen) atoms. The molecule has 82 valence electrons. The third kappa shape index (κ3) is 3.43. The van der Waals surface area contributed by atoms with Crippen LogP contribution >= 0.6 is 38.5 Å². The minimum absolute atomic E-state index is 0.745. The van der Waals surface area contributed by atoms with Gasteiger partial charge in [0.05, 0.1) is 0 Å². The second-order valence-electron chi connectivity index (χ2n) is 4.10. The molecule has 0 saturated heterocycles. The smallest absolute Gasteiger partial charge is 0.0220 e. The van der Waals surface area contributed by atoms with Crippen molar-refractivity contribution < 1.29 is 0 Å². The van der Waals surface area contributed by atoms with Gasteiger partial charge in [0.25, 0.3) is 0 Å². The summed E-state index contributed by atoms with van der Waals surface area (Å²) in [5.41, 5.74) is 1.37. The fraction of sp³-hybridized carbons (Fsp3) is 0.500. The summed E-state index contributed by atoms with van der Waals surface area (Å²) in [6.45, 7) is 0.988. The first-order valence-corrected chi connectivity index (χ1v) is 7.30. The van der Waals surface area contributed by atoms with Gasteiger partial charge in [0.1, 0.15) is 0 Å². The van der Waals surface area contributed by atoms with Gasteiger partial charge in [-0.15, -0.1) is 0 Å². The number of nitrogens with one attached hydrogen (secondary N) is 1. The predicted molar refractivity (Wildman–Crippen MR) is 76.0 cm³/mol. The van der Waals surface area contributed by atoms with Crippen LogP contribution in [0.3, 0.4) is 0 Å². The first-order valence-electron chi connectivity index (χ1n) is 5.43. The van der Waals surface area contributed by atoms with E-state index in [4.69, 9.17) is 0 Å². The molecule has 0 aromatic heterocycles. The Morgan fingerprint density at radius 2 is 2.07 bits per heavy atom. The monoisotopic (exact) mass is 379 g/mol. The maximum atomic E-state index is 3.63. The number of hydrogen-bond acceptors (Lipinski definition) is 1. The van der Waals surface area contributed by atoms with E-state index in [-0.39, 0.29) is 0 Å². The van der Waals surface area contributed by atoms with Crippen LogP contribution in [0.2, 0.25) is 0 Å². The molecule has 2 rings (SSSR count). The van der Waals surface area contributed by atoms with E-state index in [1.807, 2.05) is 0 Å². The van der Waals surface area contributed by atoms with E-state index in [0.717, 1.165) is 12.6 Å². The van der Waals surface area contributed by atoms with Gasteiger partial charge in [-0.1, -0.05) is 28.8 Å². The Morgan fingerprint density at radius 3 is 2.80 bits per heavy atom. The quantitative estimate of drug-likeness (QED) is 0.780. The van der Waals surface area contributed by atoms with Crippen molar-refractivity contribution in [3.63, 3.8) is 0 Å². The van der Waals surface area contributed by atoms with Crippen molar-refractivity contribution in [3.8, 4) is 0 Å². The summed E-state index contributed by atoms with van der Waals surface area (Å²) < 4.78 is 2.52. The molecule has 1 aliphatic rings. The molecule has 0 aliphatic heterocycles. The molecule has 0 bridgehead atoms. The van der Waals surface area contributed by atoms with Gasteiger partial charge in [0, 0.05) is 20.6 Å². The Bertz CT molecular complexity index is 334. The maximum Gasteiger partial charge on any atom is 0.0220 e. The molecule has 0 heterocycles. The van der Waals surface area contributed by atoms with E-state index in [9.17, 15) is 0 Å². The van der Waals surface area contributed by atoms with Crippen molar-refractivity contribution in [2.75, 3.05) is 0 Å². The molecule has 3 heteroatoms. The highest BCUT2D eigenvalue weighted by atomic mass is 127. The van der Waals surface area contributed by atoms with Gasteiger partial charge >= 0.3 is 0 Å². The Kier molecular flexibility index (Phi) is 4.46. The van der Waals surface area contributed by atoms with Gasteiger partial charge < -0.3 is 5.32 Å². The third-order valence-electron chi connectivity index (χ3n) is 2.94. The largest absolute Gasteiger partial charge is 0.310 e. The Labute approximate surface area is 113 Å². The second kappa shape index (κ2) is 5.64. The van der Waals surface area contributed by atoms with Crippen LogP contribution in [0.15, 0.2) is 22.7 Å². The lowest BCUT2D eigenvalue weighted by atomic mass is 10.2. The lowest BCUT2D eigenvalue weighted by Gasteiger charge is -2.12. The standard InChI is InChI=1S/C12H15BrIN/c13-12-6-5-10(14)7-9(12)8-15-11-3-1-2-4-11/h5-7,11,15H,1-4,8H2. The molecule has 0 radical (unpaired) electrons. The van der Waals surface area contributed by atoms with Gasteiger partial charge in [0.2, 0.25) is 0 Å². The Morgan fingerprint density at radius 1 is 1.33 bits per heavy atom. The Balaban J connectivity index is 1.94. The zero-order valence-corrected chi connectivity index (χ0v) is 12.3. The van der Waals surface area contributed by atoms with Crippen LogP contribution < -0.4 is 5.32 Å². The molecule has 1 saturated carbocycles. The summed E-state index contributed by atoms with van der Waals surface area (Å²) in [6, 6.07) is 7.25. The lowest BCUT2D eigenvalue weighted by molar-refractivity contribution is 0.523. The number of rotatable bonds is 3. The zero-order chi connectivity index (χ0) is 10.7. The molecule has 0 spiro atoms. The number of hydrogen-bond donors (Lipinski definition) is 1. The summed E-state index contributed by atoms with van der Waals surface area (Å²) in [5, 5.41) is 3.63. The average Bonchev–Trinajstić information content (AvgIpc) is 2.72. The van der Waals surface area contributed by atoms with Crippen molar-refractivity contribution in [3.05, 3.63) is 31.8 Å². The van der Waals surface area contributed by atoms with Crippen molar-refractivity contribution in [2.45, 2.75) is 38.3 Å². The third-order valence-corrected chi connectivity index (χ3v) is 4.39. The molecule has 1 fully saturated rings. The first-order chi connectivity index (χ1) is 7.25. The van der Waals surface area contributed by atoms with Crippen LogP contribution in [0.5, 0.6) is 0 Å². The van der Waals surface area contributed by atoms with Crippen LogP contribution in [0.4, 0.5) is 0 Å². The minimum atomic E-state index is 0.745. The summed E-state index contributed by atoms with van der Waals surface area (Å²) in [4.78, 5) is 0. The van der Waals surface area contributed by atoms with Crippen LogP contribution in [0.1, 0.15) is 31.2 Å². The molecular formula is C12H15BrIN. The fourth-order valence-corrected chi connectivity index (χ4v) is 3.01. The zero-order valence-electron chi connectivity index (χ0n) is 8.60. The predicted octanol–water partition coefficient (Wildman–Crippen LogP) is 4.09. The second-order valence-corrected chi connectivity index (χ2v) is 6.20. The van der Waals surface area contributed by atoms with Crippen LogP contribution in [0, 0.1) is 3.57 Å². The minimum Gasteiger partial charge on any atom is -0.310 e. The summed E-state index contributed by atoms with van der Waals surface area (Å²) in [6.07, 6.45) is 5.49. The lowest BCUT2D eigenvalue weighted by Crippen LogP contribution is -2.25. The normalized spacial score (nSPS) is 17.2. The molecule has 0 unspecified atom stereocenters. The van der Waals surface area contributed by atoms with E-state index < -0.39 is 0 Å². The highest BCUT2D eigenvalue weighted by Gasteiger charge is 2.14. The molecule has 0 amide bonds. The molecule has 0 atom stereocenters. The highest BCUT2D eigenvalue weighted by Crippen LogP contribution is 2.22. The van der Waals surface area contributed by atoms with Gasteiger partial charge in [-0.05, 0) is 59.2 Å². The number of benzene rings is 1. The van der Waals surface area contributed by atoms with Crippen molar-refractivity contribution in [1.29, 1.82) is 0 Å². The van der Waals surface area contributed by atoms with Crippen molar-refractivity contribution >= 4 is 38.5 Å².